The minimum atomic E-state index is -1.19. The van der Waals surface area contributed by atoms with Crippen LogP contribution in [0.3, 0.4) is 0 Å². The van der Waals surface area contributed by atoms with Gasteiger partial charge in [0.1, 0.15) is 11.1 Å². The van der Waals surface area contributed by atoms with E-state index in [1.54, 1.807) is 0 Å². The van der Waals surface area contributed by atoms with Gasteiger partial charge in [0, 0.05) is 30.2 Å². The molecule has 0 aliphatic carbocycles. The molecule has 0 spiro atoms. The van der Waals surface area contributed by atoms with Crippen molar-refractivity contribution in [3.8, 4) is 11.5 Å². The van der Waals surface area contributed by atoms with Gasteiger partial charge < -0.3 is 29.7 Å². The van der Waals surface area contributed by atoms with Gasteiger partial charge in [-0.15, -0.1) is 0 Å². The number of carbonyl (C=O) groups is 2. The third-order valence-corrected chi connectivity index (χ3v) is 5.73. The molecule has 10 nitrogen and oxygen atoms in total. The topological polar surface area (TPSA) is 139 Å². The number of nitrogens with zero attached hydrogens (tertiary/aromatic N) is 2. The van der Waals surface area contributed by atoms with Crippen molar-refractivity contribution in [2.24, 2.45) is 11.7 Å². The number of nitrogens with two attached hydrogens (primary N) is 1. The van der Waals surface area contributed by atoms with Crippen LogP contribution in [-0.4, -0.2) is 55.1 Å². The summed E-state index contributed by atoms with van der Waals surface area (Å²) in [7, 11) is 2.35. The van der Waals surface area contributed by atoms with Crippen LogP contribution in [0.4, 0.5) is 14.7 Å². The molecule has 12 heteroatoms. The Labute approximate surface area is 198 Å². The van der Waals surface area contributed by atoms with Crippen LogP contribution >= 0.6 is 0 Å². The highest BCUT2D eigenvalue weighted by Gasteiger charge is 2.31. The van der Waals surface area contributed by atoms with Crippen molar-refractivity contribution in [1.29, 1.82) is 0 Å². The molecule has 3 N–H and O–H groups in total. The number of carbonyl (C=O) groups excluding carboxylic acids is 2. The third-order valence-electron chi connectivity index (χ3n) is 5.73. The van der Waals surface area contributed by atoms with E-state index in [1.807, 2.05) is 0 Å². The van der Waals surface area contributed by atoms with Crippen LogP contribution < -0.4 is 20.5 Å². The third kappa shape index (κ3) is 4.52. The Bertz CT molecular complexity index is 1300. The first-order chi connectivity index (χ1) is 16.7. The predicted octanol–water partition coefficient (Wildman–Crippen LogP) is 2.61. The average molecular weight is 488 g/mol. The Kier molecular flexibility index (Phi) is 6.65. The normalized spacial score (nSPS) is 17.7. The SMILES string of the molecule is C=C(C(N)=O)[C@@H]1CCOC[C@H]1Nc1ncc2oc(C(=O)c3c(F)c(OC)cc(OC)c3F)cc2n1. The summed E-state index contributed by atoms with van der Waals surface area (Å²) in [6.07, 6.45) is 1.84. The number of furan rings is 1. The minimum Gasteiger partial charge on any atom is -0.494 e. The van der Waals surface area contributed by atoms with Gasteiger partial charge in [0.2, 0.25) is 17.6 Å². The molecular formula is C23H22F2N4O6. The van der Waals surface area contributed by atoms with Gasteiger partial charge in [0.05, 0.1) is 33.1 Å². The summed E-state index contributed by atoms with van der Waals surface area (Å²) in [5, 5.41) is 3.08. The van der Waals surface area contributed by atoms with Crippen molar-refractivity contribution in [1.82, 2.24) is 9.97 Å². The fraction of sp³-hybridized carbons (Fsp3) is 0.304. The predicted molar refractivity (Wildman–Crippen MR) is 119 cm³/mol. The molecule has 1 amide bonds. The van der Waals surface area contributed by atoms with Crippen LogP contribution in [0.25, 0.3) is 11.1 Å². The van der Waals surface area contributed by atoms with Crippen LogP contribution in [0, 0.1) is 17.6 Å². The monoisotopic (exact) mass is 488 g/mol. The Morgan fingerprint density at radius 1 is 1.20 bits per heavy atom. The summed E-state index contributed by atoms with van der Waals surface area (Å²) in [6.45, 7) is 4.48. The molecule has 1 aliphatic heterocycles. The molecule has 1 saturated heterocycles. The maximum atomic E-state index is 14.8. The molecule has 1 fully saturated rings. The second kappa shape index (κ2) is 9.66. The average Bonchev–Trinajstić information content (AvgIpc) is 3.27. The number of benzene rings is 1. The van der Waals surface area contributed by atoms with E-state index in [1.165, 1.54) is 26.5 Å². The van der Waals surface area contributed by atoms with Crippen LogP contribution in [-0.2, 0) is 9.53 Å². The number of ether oxygens (including phenoxy) is 3. The number of halogens is 2. The molecule has 3 aromatic rings. The number of amides is 1. The van der Waals surface area contributed by atoms with Crippen molar-refractivity contribution < 1.29 is 37.0 Å². The number of aromatic nitrogens is 2. The first-order valence-corrected chi connectivity index (χ1v) is 10.5. The second-order valence-corrected chi connectivity index (χ2v) is 7.78. The summed E-state index contributed by atoms with van der Waals surface area (Å²) in [5.74, 6) is -5.26. The smallest absolute Gasteiger partial charge is 0.244 e. The lowest BCUT2D eigenvalue weighted by molar-refractivity contribution is -0.115. The number of hydrogen-bond acceptors (Lipinski definition) is 9. The molecule has 4 rings (SSSR count). The lowest BCUT2D eigenvalue weighted by Gasteiger charge is -2.32. The molecule has 35 heavy (non-hydrogen) atoms. The first kappa shape index (κ1) is 24.1. The van der Waals surface area contributed by atoms with E-state index >= 15 is 0 Å². The van der Waals surface area contributed by atoms with Crippen LogP contribution in [0.1, 0.15) is 22.5 Å². The van der Waals surface area contributed by atoms with Gasteiger partial charge in [-0.05, 0) is 6.42 Å². The number of rotatable bonds is 8. The fourth-order valence-electron chi connectivity index (χ4n) is 3.87. The van der Waals surface area contributed by atoms with E-state index in [-0.39, 0.29) is 58.4 Å². The molecule has 0 saturated carbocycles. The van der Waals surface area contributed by atoms with Gasteiger partial charge in [-0.25, -0.2) is 18.7 Å². The first-order valence-electron chi connectivity index (χ1n) is 10.5. The Balaban J connectivity index is 1.64. The quantitative estimate of drug-likeness (QED) is 0.362. The van der Waals surface area contributed by atoms with Crippen molar-refractivity contribution in [3.63, 3.8) is 0 Å². The molecule has 0 radical (unpaired) electrons. The molecule has 3 heterocycles. The summed E-state index contributed by atoms with van der Waals surface area (Å²) in [5.41, 5.74) is 5.09. The van der Waals surface area contributed by atoms with Crippen molar-refractivity contribution in [2.45, 2.75) is 12.5 Å². The lowest BCUT2D eigenvalue weighted by Crippen LogP contribution is -2.42. The van der Waals surface area contributed by atoms with Gasteiger partial charge in [0.25, 0.3) is 0 Å². The molecule has 2 atom stereocenters. The van der Waals surface area contributed by atoms with Crippen molar-refractivity contribution in [3.05, 3.63) is 53.4 Å². The maximum Gasteiger partial charge on any atom is 0.244 e. The van der Waals surface area contributed by atoms with Gasteiger partial charge in [0.15, 0.2) is 34.5 Å². The number of ketones is 1. The number of methoxy groups -OCH3 is 2. The Morgan fingerprint density at radius 2 is 1.89 bits per heavy atom. The van der Waals surface area contributed by atoms with E-state index in [9.17, 15) is 18.4 Å². The zero-order valence-corrected chi connectivity index (χ0v) is 18.9. The highest BCUT2D eigenvalue weighted by molar-refractivity contribution is 6.09. The Hall–Kier alpha value is -4.06. The molecule has 1 aliphatic rings. The lowest BCUT2D eigenvalue weighted by atomic mass is 9.88. The van der Waals surface area contributed by atoms with Gasteiger partial charge in [-0.1, -0.05) is 6.58 Å². The van der Waals surface area contributed by atoms with E-state index in [0.29, 0.717) is 13.0 Å². The molecule has 1 aromatic carbocycles. The van der Waals surface area contributed by atoms with E-state index in [0.717, 1.165) is 6.07 Å². The fourth-order valence-corrected chi connectivity index (χ4v) is 3.87. The summed E-state index contributed by atoms with van der Waals surface area (Å²) in [6, 6.07) is 1.87. The molecule has 184 valence electrons. The number of primary amides is 1. The molecule has 0 bridgehead atoms. The highest BCUT2D eigenvalue weighted by atomic mass is 19.1. The van der Waals surface area contributed by atoms with E-state index in [4.69, 9.17) is 24.4 Å². The number of hydrogen-bond donors (Lipinski definition) is 2. The van der Waals surface area contributed by atoms with Gasteiger partial charge in [-0.3, -0.25) is 9.59 Å². The Morgan fingerprint density at radius 3 is 2.51 bits per heavy atom. The minimum absolute atomic E-state index is 0.118. The van der Waals surface area contributed by atoms with Gasteiger partial charge >= 0.3 is 0 Å². The maximum absolute atomic E-state index is 14.8. The van der Waals surface area contributed by atoms with E-state index in [2.05, 4.69) is 21.9 Å². The largest absolute Gasteiger partial charge is 0.494 e. The summed E-state index contributed by atoms with van der Waals surface area (Å²) < 4.78 is 50.2. The summed E-state index contributed by atoms with van der Waals surface area (Å²) in [4.78, 5) is 33.0. The zero-order valence-electron chi connectivity index (χ0n) is 18.9. The number of anilines is 1. The standard InChI is InChI=1S/C23H22F2N4O6/c1-10(22(26)31)11-4-5-34-9-13(11)29-23-27-8-17-12(28-23)6-16(35-17)21(30)18-19(24)14(32-2)7-15(33-3)20(18)25/h6-8,11,13H,1,4-5,9H2,2-3H3,(H2,26,31)(H,27,28,29)/t11-,13+/m0/s1. The number of nitrogens with one attached hydrogen (secondary N) is 1. The zero-order chi connectivity index (χ0) is 25.3. The molecule has 0 unspecified atom stereocenters. The molecule has 2 aromatic heterocycles. The van der Waals surface area contributed by atoms with Crippen LogP contribution in [0.15, 0.2) is 34.9 Å². The molecular weight excluding hydrogens is 466 g/mol. The number of fused-ring (bicyclic) bond motifs is 1. The van der Waals surface area contributed by atoms with Gasteiger partial charge in [-0.2, -0.15) is 0 Å². The van der Waals surface area contributed by atoms with Crippen LogP contribution in [0.5, 0.6) is 11.5 Å². The highest BCUT2D eigenvalue weighted by Crippen LogP contribution is 2.33. The van der Waals surface area contributed by atoms with E-state index < -0.39 is 28.9 Å². The van der Waals surface area contributed by atoms with Crippen molar-refractivity contribution >= 4 is 28.7 Å². The van der Waals surface area contributed by atoms with Crippen LogP contribution in [0.2, 0.25) is 0 Å². The summed E-state index contributed by atoms with van der Waals surface area (Å²) >= 11 is 0. The van der Waals surface area contributed by atoms with Crippen molar-refractivity contribution in [2.75, 3.05) is 32.8 Å². The second-order valence-electron chi connectivity index (χ2n) is 7.78.